The van der Waals surface area contributed by atoms with E-state index in [-0.39, 0.29) is 9.92 Å². The minimum Gasteiger partial charge on any atom is -0.382 e. The monoisotopic (exact) mass is 417 g/mol. The zero-order valence-corrected chi connectivity index (χ0v) is 17.4. The molecular weight excluding hydrogens is 394 g/mol. The van der Waals surface area contributed by atoms with Crippen molar-refractivity contribution in [3.8, 4) is 0 Å². The molecule has 1 fully saturated rings. The Hall–Kier alpha value is -2.02. The predicted octanol–water partition coefficient (Wildman–Crippen LogP) is 4.43. The molecule has 0 atom stereocenters. The number of aromatic nitrogens is 1. The number of fused-ring (bicyclic) bond motifs is 1. The number of piperidine rings is 1. The Morgan fingerprint density at radius 3 is 2.54 bits per heavy atom. The van der Waals surface area contributed by atoms with Crippen LogP contribution >= 0.6 is 11.6 Å². The lowest BCUT2D eigenvalue weighted by Gasteiger charge is -2.32. The van der Waals surface area contributed by atoms with E-state index >= 15 is 0 Å². The summed E-state index contributed by atoms with van der Waals surface area (Å²) in [4.78, 5) is 2.56. The maximum atomic E-state index is 13.2. The van der Waals surface area contributed by atoms with Gasteiger partial charge in [0.2, 0.25) is 0 Å². The number of halogens is 1. The molecule has 1 N–H and O–H groups in total. The van der Waals surface area contributed by atoms with Crippen molar-refractivity contribution in [2.45, 2.75) is 30.7 Å². The van der Waals surface area contributed by atoms with Gasteiger partial charge >= 0.3 is 0 Å². The Morgan fingerprint density at radius 1 is 1.07 bits per heavy atom. The average molecular weight is 418 g/mol. The van der Waals surface area contributed by atoms with E-state index in [1.54, 1.807) is 24.4 Å². The van der Waals surface area contributed by atoms with Crippen LogP contribution < -0.4 is 5.32 Å². The van der Waals surface area contributed by atoms with Crippen LogP contribution in [-0.4, -0.2) is 43.0 Å². The van der Waals surface area contributed by atoms with Gasteiger partial charge in [-0.25, -0.2) is 12.4 Å². The van der Waals surface area contributed by atoms with Crippen molar-refractivity contribution in [3.63, 3.8) is 0 Å². The largest absolute Gasteiger partial charge is 0.382 e. The highest BCUT2D eigenvalue weighted by Gasteiger charge is 2.23. The molecule has 3 aromatic rings. The Balaban J connectivity index is 1.67. The molecule has 28 heavy (non-hydrogen) atoms. The molecule has 4 rings (SSSR count). The molecule has 1 aliphatic heterocycles. The highest BCUT2D eigenvalue weighted by atomic mass is 35.5. The average Bonchev–Trinajstić information content (AvgIpc) is 3.15. The molecule has 0 saturated carbocycles. The highest BCUT2D eigenvalue weighted by molar-refractivity contribution is 7.90. The predicted molar refractivity (Wildman–Crippen MR) is 115 cm³/mol. The van der Waals surface area contributed by atoms with E-state index in [4.69, 9.17) is 11.6 Å². The Labute approximate surface area is 171 Å². The van der Waals surface area contributed by atoms with Gasteiger partial charge in [0.1, 0.15) is 4.90 Å². The topological polar surface area (TPSA) is 54.3 Å². The first-order chi connectivity index (χ1) is 13.5. The Kier molecular flexibility index (Phi) is 5.36. The number of likely N-dealkylation sites (tertiary alicyclic amines) is 1. The SMILES string of the molecule is CCN1CCC(Nc2cccc3c2ccn3S(=O)(=O)c2ccccc2Cl)CC1. The number of anilines is 1. The summed E-state index contributed by atoms with van der Waals surface area (Å²) in [6, 6.07) is 14.5. The molecule has 1 aromatic heterocycles. The molecule has 148 valence electrons. The molecule has 2 heterocycles. The van der Waals surface area contributed by atoms with E-state index in [1.807, 2.05) is 24.3 Å². The summed E-state index contributed by atoms with van der Waals surface area (Å²) in [5.41, 5.74) is 1.62. The zero-order valence-electron chi connectivity index (χ0n) is 15.8. The first kappa shape index (κ1) is 19.3. The van der Waals surface area contributed by atoms with Crippen LogP contribution in [-0.2, 0) is 10.0 Å². The van der Waals surface area contributed by atoms with Gasteiger partial charge in [-0.1, -0.05) is 36.7 Å². The molecule has 1 saturated heterocycles. The Morgan fingerprint density at radius 2 is 1.82 bits per heavy atom. The van der Waals surface area contributed by atoms with Gasteiger partial charge in [0.05, 0.1) is 10.5 Å². The fraction of sp³-hybridized carbons (Fsp3) is 0.333. The Bertz CT molecular complexity index is 1090. The van der Waals surface area contributed by atoms with Gasteiger partial charge in [-0.15, -0.1) is 0 Å². The molecule has 0 amide bonds. The van der Waals surface area contributed by atoms with Crippen molar-refractivity contribution in [1.82, 2.24) is 8.87 Å². The number of hydrogen-bond acceptors (Lipinski definition) is 4. The van der Waals surface area contributed by atoms with E-state index in [1.165, 1.54) is 10.0 Å². The molecular formula is C21H24ClN3O2S. The number of hydrogen-bond donors (Lipinski definition) is 1. The number of rotatable bonds is 5. The van der Waals surface area contributed by atoms with Crippen LogP contribution in [0.4, 0.5) is 5.69 Å². The second-order valence-corrected chi connectivity index (χ2v) is 9.33. The van der Waals surface area contributed by atoms with Crippen LogP contribution in [0.15, 0.2) is 59.6 Å². The quantitative estimate of drug-likeness (QED) is 0.667. The second-order valence-electron chi connectivity index (χ2n) is 7.14. The van der Waals surface area contributed by atoms with Gasteiger partial charge in [0, 0.05) is 36.4 Å². The van der Waals surface area contributed by atoms with E-state index in [0.29, 0.717) is 11.6 Å². The third-order valence-corrected chi connectivity index (χ3v) is 7.65. The van der Waals surface area contributed by atoms with Crippen LogP contribution in [0, 0.1) is 0 Å². The van der Waals surface area contributed by atoms with Crippen LogP contribution in [0.25, 0.3) is 10.9 Å². The van der Waals surface area contributed by atoms with Crippen molar-refractivity contribution in [3.05, 3.63) is 59.8 Å². The summed E-state index contributed by atoms with van der Waals surface area (Å²) in [6.45, 7) is 5.46. The maximum absolute atomic E-state index is 13.2. The van der Waals surface area contributed by atoms with Crippen molar-refractivity contribution in [2.75, 3.05) is 25.0 Å². The molecule has 5 nitrogen and oxygen atoms in total. The van der Waals surface area contributed by atoms with Crippen LogP contribution in [0.2, 0.25) is 5.02 Å². The number of nitrogens with zero attached hydrogens (tertiary/aromatic N) is 2. The summed E-state index contributed by atoms with van der Waals surface area (Å²) in [6.07, 6.45) is 3.78. The summed E-state index contributed by atoms with van der Waals surface area (Å²) >= 11 is 6.15. The van der Waals surface area contributed by atoms with Crippen molar-refractivity contribution in [1.29, 1.82) is 0 Å². The van der Waals surface area contributed by atoms with E-state index in [2.05, 4.69) is 17.1 Å². The summed E-state index contributed by atoms with van der Waals surface area (Å²) in [5, 5.41) is 4.75. The van der Waals surface area contributed by atoms with Crippen LogP contribution in [0.5, 0.6) is 0 Å². The van der Waals surface area contributed by atoms with Crippen LogP contribution in [0.3, 0.4) is 0 Å². The molecule has 0 bridgehead atoms. The standard InChI is InChI=1S/C21H24ClN3O2S/c1-2-24-13-10-16(11-14-24)23-19-7-5-8-20-17(19)12-15-25(20)28(26,27)21-9-4-3-6-18(21)22/h3-9,12,15-16,23H,2,10-11,13-14H2,1H3. The lowest BCUT2D eigenvalue weighted by molar-refractivity contribution is 0.229. The lowest BCUT2D eigenvalue weighted by Crippen LogP contribution is -2.38. The summed E-state index contributed by atoms with van der Waals surface area (Å²) < 4.78 is 27.6. The summed E-state index contributed by atoms with van der Waals surface area (Å²) in [7, 11) is -3.76. The molecule has 0 aliphatic carbocycles. The molecule has 7 heteroatoms. The molecule has 1 aliphatic rings. The van der Waals surface area contributed by atoms with Gasteiger partial charge in [0.25, 0.3) is 10.0 Å². The van der Waals surface area contributed by atoms with Crippen molar-refractivity contribution in [2.24, 2.45) is 0 Å². The fourth-order valence-electron chi connectivity index (χ4n) is 3.85. The normalized spacial score (nSPS) is 16.5. The fourth-order valence-corrected chi connectivity index (χ4v) is 5.70. The van der Waals surface area contributed by atoms with E-state index in [0.717, 1.165) is 43.5 Å². The lowest BCUT2D eigenvalue weighted by atomic mass is 10.0. The first-order valence-corrected chi connectivity index (χ1v) is 11.4. The minimum absolute atomic E-state index is 0.111. The smallest absolute Gasteiger partial charge is 0.269 e. The zero-order chi connectivity index (χ0) is 19.7. The first-order valence-electron chi connectivity index (χ1n) is 9.60. The van der Waals surface area contributed by atoms with Crippen molar-refractivity contribution >= 4 is 38.2 Å². The number of nitrogens with one attached hydrogen (secondary N) is 1. The van der Waals surface area contributed by atoms with Gasteiger partial charge in [-0.3, -0.25) is 0 Å². The van der Waals surface area contributed by atoms with E-state index < -0.39 is 10.0 Å². The molecule has 0 spiro atoms. The third kappa shape index (κ3) is 3.52. The van der Waals surface area contributed by atoms with Gasteiger partial charge in [0.15, 0.2) is 0 Å². The van der Waals surface area contributed by atoms with Gasteiger partial charge in [-0.05, 0) is 49.7 Å². The molecule has 0 unspecified atom stereocenters. The third-order valence-electron chi connectivity index (χ3n) is 5.47. The summed E-state index contributed by atoms with van der Waals surface area (Å²) in [5.74, 6) is 0. The minimum atomic E-state index is -3.76. The van der Waals surface area contributed by atoms with Crippen LogP contribution in [0.1, 0.15) is 19.8 Å². The van der Waals surface area contributed by atoms with Crippen molar-refractivity contribution < 1.29 is 8.42 Å². The highest BCUT2D eigenvalue weighted by Crippen LogP contribution is 2.31. The second kappa shape index (κ2) is 7.78. The molecule has 0 radical (unpaired) electrons. The number of benzene rings is 2. The van der Waals surface area contributed by atoms with Gasteiger partial charge in [-0.2, -0.15) is 0 Å². The van der Waals surface area contributed by atoms with E-state index in [9.17, 15) is 8.42 Å². The van der Waals surface area contributed by atoms with Gasteiger partial charge < -0.3 is 10.2 Å². The maximum Gasteiger partial charge on any atom is 0.269 e. The molecule has 2 aromatic carbocycles.